The number of rotatable bonds is 1. The maximum Gasteiger partial charge on any atom is 0.175 e. The summed E-state index contributed by atoms with van der Waals surface area (Å²) < 4.78 is 10.9. The van der Waals surface area contributed by atoms with E-state index in [9.17, 15) is 0 Å². The summed E-state index contributed by atoms with van der Waals surface area (Å²) in [4.78, 5) is 4.33. The van der Waals surface area contributed by atoms with Gasteiger partial charge < -0.3 is 4.74 Å². The summed E-state index contributed by atoms with van der Waals surface area (Å²) in [6, 6.07) is 0. The lowest BCUT2D eigenvalue weighted by Gasteiger charge is -2.18. The minimum Gasteiger partial charge on any atom is -0.367 e. The van der Waals surface area contributed by atoms with Gasteiger partial charge in [0.2, 0.25) is 0 Å². The third-order valence-electron chi connectivity index (χ3n) is 2.09. The molecule has 0 amide bonds. The van der Waals surface area contributed by atoms with Crippen LogP contribution in [0.2, 0.25) is 0 Å². The summed E-state index contributed by atoms with van der Waals surface area (Å²) in [7, 11) is 0. The first-order chi connectivity index (χ1) is 5.71. The zero-order chi connectivity index (χ0) is 8.60. The van der Waals surface area contributed by atoms with E-state index in [0.717, 1.165) is 28.3 Å². The van der Waals surface area contributed by atoms with Crippen molar-refractivity contribution in [2.45, 2.75) is 25.4 Å². The van der Waals surface area contributed by atoms with Crippen LogP contribution in [-0.2, 0) is 10.3 Å². The molecule has 1 fully saturated rings. The first kappa shape index (κ1) is 8.83. The fraction of sp³-hybridized carbons (Fsp3) is 0.714. The second-order valence-corrected chi connectivity index (χ2v) is 5.56. The van der Waals surface area contributed by atoms with E-state index in [4.69, 9.17) is 4.74 Å². The highest BCUT2D eigenvalue weighted by atomic mass is 127. The molecule has 3 nitrogen and oxygen atoms in total. The van der Waals surface area contributed by atoms with Crippen molar-refractivity contribution in [2.75, 3.05) is 6.61 Å². The molecule has 1 aliphatic heterocycles. The molecule has 0 radical (unpaired) electrons. The van der Waals surface area contributed by atoms with E-state index in [1.807, 2.05) is 0 Å². The monoisotopic (exact) mass is 296 g/mol. The van der Waals surface area contributed by atoms with E-state index < -0.39 is 0 Å². The molecular weight excluding hydrogens is 287 g/mol. The quantitative estimate of drug-likeness (QED) is 0.745. The van der Waals surface area contributed by atoms with Crippen LogP contribution in [0.25, 0.3) is 0 Å². The smallest absolute Gasteiger partial charge is 0.175 e. The molecule has 2 heterocycles. The Hall–Kier alpha value is 0.250. The number of nitrogens with zero attached hydrogens (tertiary/aromatic N) is 2. The van der Waals surface area contributed by atoms with Crippen molar-refractivity contribution in [2.24, 2.45) is 0 Å². The fourth-order valence-electron chi connectivity index (χ4n) is 1.38. The van der Waals surface area contributed by atoms with Crippen LogP contribution in [-0.4, -0.2) is 16.0 Å². The van der Waals surface area contributed by atoms with E-state index in [2.05, 4.69) is 38.9 Å². The zero-order valence-electron chi connectivity index (χ0n) is 6.71. The molecule has 0 aromatic carbocycles. The maximum absolute atomic E-state index is 5.62. The van der Waals surface area contributed by atoms with Gasteiger partial charge in [0.1, 0.15) is 5.60 Å². The molecule has 66 valence electrons. The molecule has 5 heteroatoms. The van der Waals surface area contributed by atoms with Crippen molar-refractivity contribution < 1.29 is 4.74 Å². The Labute approximate surface area is 88.8 Å². The molecule has 1 unspecified atom stereocenters. The van der Waals surface area contributed by atoms with Crippen LogP contribution >= 0.6 is 34.1 Å². The fourth-order valence-corrected chi connectivity index (χ4v) is 2.42. The van der Waals surface area contributed by atoms with Crippen LogP contribution in [0.5, 0.6) is 0 Å². The lowest BCUT2D eigenvalue weighted by molar-refractivity contribution is 0.0102. The minimum absolute atomic E-state index is 0.208. The molecule has 2 rings (SSSR count). The van der Waals surface area contributed by atoms with E-state index in [1.54, 1.807) is 0 Å². The van der Waals surface area contributed by atoms with Crippen molar-refractivity contribution in [1.29, 1.82) is 0 Å². The maximum atomic E-state index is 5.62. The number of ether oxygens (including phenoxy) is 1. The number of hydrogen-bond acceptors (Lipinski definition) is 4. The van der Waals surface area contributed by atoms with E-state index in [-0.39, 0.29) is 5.60 Å². The third-order valence-corrected chi connectivity index (χ3v) is 3.43. The largest absolute Gasteiger partial charge is 0.367 e. The lowest BCUT2D eigenvalue weighted by atomic mass is 10.0. The molecule has 0 saturated carbocycles. The molecule has 1 aromatic heterocycles. The highest BCUT2D eigenvalue weighted by Crippen LogP contribution is 2.34. The average molecular weight is 296 g/mol. The lowest BCUT2D eigenvalue weighted by Crippen LogP contribution is -2.21. The summed E-state index contributed by atoms with van der Waals surface area (Å²) in [5.41, 5.74) is -0.208. The predicted octanol–water partition coefficient (Wildman–Crippen LogP) is 2.17. The first-order valence-corrected chi connectivity index (χ1v) is 5.69. The first-order valence-electron chi connectivity index (χ1n) is 3.84. The molecule has 12 heavy (non-hydrogen) atoms. The molecule has 1 aliphatic rings. The zero-order valence-corrected chi connectivity index (χ0v) is 9.68. The van der Waals surface area contributed by atoms with Crippen LogP contribution in [0.3, 0.4) is 0 Å². The SMILES string of the molecule is CC1(c2nsc(I)n2)CCCO1. The van der Waals surface area contributed by atoms with Crippen LogP contribution in [0.4, 0.5) is 0 Å². The van der Waals surface area contributed by atoms with Gasteiger partial charge in [-0.1, -0.05) is 0 Å². The van der Waals surface area contributed by atoms with E-state index >= 15 is 0 Å². The number of aromatic nitrogens is 2. The molecule has 0 bridgehead atoms. The van der Waals surface area contributed by atoms with Crippen molar-refractivity contribution in [3.63, 3.8) is 0 Å². The van der Waals surface area contributed by atoms with Crippen molar-refractivity contribution in [1.82, 2.24) is 9.36 Å². The average Bonchev–Trinajstić information content (AvgIpc) is 2.59. The second kappa shape index (κ2) is 3.19. The number of halogens is 1. The third kappa shape index (κ3) is 1.49. The Balaban J connectivity index is 2.28. The Morgan fingerprint density at radius 1 is 1.67 bits per heavy atom. The van der Waals surface area contributed by atoms with Crippen molar-refractivity contribution >= 4 is 34.1 Å². The van der Waals surface area contributed by atoms with Gasteiger partial charge in [0.05, 0.1) is 0 Å². The van der Waals surface area contributed by atoms with E-state index in [0.29, 0.717) is 0 Å². The van der Waals surface area contributed by atoms with Gasteiger partial charge in [-0.25, -0.2) is 4.98 Å². The summed E-state index contributed by atoms with van der Waals surface area (Å²) in [5.74, 6) is 0.856. The summed E-state index contributed by atoms with van der Waals surface area (Å²) in [6.45, 7) is 2.91. The van der Waals surface area contributed by atoms with Gasteiger partial charge in [-0.3, -0.25) is 0 Å². The van der Waals surface area contributed by atoms with Gasteiger partial charge in [0.15, 0.2) is 8.84 Å². The van der Waals surface area contributed by atoms with Crippen LogP contribution in [0, 0.1) is 3.01 Å². The summed E-state index contributed by atoms with van der Waals surface area (Å²) in [5, 5.41) is 0. The van der Waals surface area contributed by atoms with Gasteiger partial charge in [0.25, 0.3) is 0 Å². The molecular formula is C7H9IN2OS. The van der Waals surface area contributed by atoms with Crippen molar-refractivity contribution in [3.05, 3.63) is 8.84 Å². The van der Waals surface area contributed by atoms with Gasteiger partial charge in [-0.2, -0.15) is 4.37 Å². The summed E-state index contributed by atoms with van der Waals surface area (Å²) in [6.07, 6.45) is 2.16. The topological polar surface area (TPSA) is 35.0 Å². The van der Waals surface area contributed by atoms with Crippen molar-refractivity contribution in [3.8, 4) is 0 Å². The molecule has 1 atom stereocenters. The Morgan fingerprint density at radius 2 is 2.50 bits per heavy atom. The highest BCUT2D eigenvalue weighted by molar-refractivity contribution is 14.1. The Bertz CT molecular complexity index is 283. The molecule has 0 aliphatic carbocycles. The minimum atomic E-state index is -0.208. The van der Waals surface area contributed by atoms with Crippen LogP contribution in [0.1, 0.15) is 25.6 Å². The predicted molar refractivity (Wildman–Crippen MR) is 55.2 cm³/mol. The second-order valence-electron chi connectivity index (χ2n) is 3.05. The van der Waals surface area contributed by atoms with Crippen LogP contribution in [0.15, 0.2) is 0 Å². The van der Waals surface area contributed by atoms with Gasteiger partial charge in [-0.15, -0.1) is 0 Å². The van der Waals surface area contributed by atoms with Gasteiger partial charge >= 0.3 is 0 Å². The molecule has 0 spiro atoms. The standard InChI is InChI=1S/C7H9IN2OS/c1-7(3-2-4-11-7)5-9-6(8)12-10-5/h2-4H2,1H3. The van der Waals surface area contributed by atoms with Gasteiger partial charge in [0, 0.05) is 6.61 Å². The Morgan fingerprint density at radius 3 is 3.00 bits per heavy atom. The molecule has 1 aromatic rings. The molecule has 1 saturated heterocycles. The Kier molecular flexibility index (Phi) is 2.35. The summed E-state index contributed by atoms with van der Waals surface area (Å²) >= 11 is 3.62. The van der Waals surface area contributed by atoms with E-state index in [1.165, 1.54) is 11.5 Å². The normalized spacial score (nSPS) is 29.5. The van der Waals surface area contributed by atoms with Gasteiger partial charge in [-0.05, 0) is 53.9 Å². The number of hydrogen-bond donors (Lipinski definition) is 0. The molecule has 0 N–H and O–H groups in total. The highest BCUT2D eigenvalue weighted by Gasteiger charge is 2.35. The van der Waals surface area contributed by atoms with Crippen LogP contribution < -0.4 is 0 Å².